The van der Waals surface area contributed by atoms with Gasteiger partial charge in [0.15, 0.2) is 0 Å². The van der Waals surface area contributed by atoms with Crippen LogP contribution in [0.25, 0.3) is 11.0 Å². The summed E-state index contributed by atoms with van der Waals surface area (Å²) in [6.45, 7) is 9.70. The lowest BCUT2D eigenvalue weighted by molar-refractivity contribution is 0.0697. The van der Waals surface area contributed by atoms with E-state index in [9.17, 15) is 9.90 Å². The highest BCUT2D eigenvalue weighted by atomic mass is 16.5. The molecular formula is C25H32N4O4. The number of aromatic nitrogens is 2. The van der Waals surface area contributed by atoms with Gasteiger partial charge in [0.1, 0.15) is 23.0 Å². The van der Waals surface area contributed by atoms with Crippen molar-refractivity contribution in [3.05, 3.63) is 47.3 Å². The fraction of sp³-hybridized carbons (Fsp3) is 0.440. The van der Waals surface area contributed by atoms with Gasteiger partial charge in [0.05, 0.1) is 29.8 Å². The summed E-state index contributed by atoms with van der Waals surface area (Å²) in [6, 6.07) is 9.56. The molecule has 0 amide bonds. The summed E-state index contributed by atoms with van der Waals surface area (Å²) in [6.07, 6.45) is 2.00. The Morgan fingerprint density at radius 3 is 2.33 bits per heavy atom. The number of nitrogens with two attached hydrogens (primary N) is 1. The Morgan fingerprint density at radius 1 is 1.12 bits per heavy atom. The summed E-state index contributed by atoms with van der Waals surface area (Å²) in [5, 5.41) is 9.27. The molecule has 0 bridgehead atoms. The third kappa shape index (κ3) is 4.75. The largest absolute Gasteiger partial charge is 0.492 e. The number of fused-ring (bicyclic) bond motifs is 1. The maximum Gasteiger partial charge on any atom is 0.335 e. The van der Waals surface area contributed by atoms with Crippen LogP contribution < -0.4 is 15.2 Å². The molecule has 0 saturated carbocycles. The Balaban J connectivity index is 1.48. The van der Waals surface area contributed by atoms with Gasteiger partial charge in [0, 0.05) is 25.7 Å². The van der Waals surface area contributed by atoms with E-state index in [-0.39, 0.29) is 5.56 Å². The van der Waals surface area contributed by atoms with Crippen molar-refractivity contribution >= 4 is 22.7 Å². The van der Waals surface area contributed by atoms with Crippen LogP contribution in [0.3, 0.4) is 0 Å². The third-order valence-corrected chi connectivity index (χ3v) is 6.20. The Hall–Kier alpha value is -3.26. The summed E-state index contributed by atoms with van der Waals surface area (Å²) >= 11 is 0. The smallest absolute Gasteiger partial charge is 0.335 e. The van der Waals surface area contributed by atoms with Crippen LogP contribution >= 0.6 is 0 Å². The summed E-state index contributed by atoms with van der Waals surface area (Å²) < 4.78 is 13.7. The number of carboxylic acids is 1. The van der Waals surface area contributed by atoms with Gasteiger partial charge < -0.3 is 24.9 Å². The van der Waals surface area contributed by atoms with Gasteiger partial charge in [0.25, 0.3) is 0 Å². The number of hydrogen-bond donors (Lipinski definition) is 2. The summed E-state index contributed by atoms with van der Waals surface area (Å²) in [5.74, 6) is 1.34. The van der Waals surface area contributed by atoms with Gasteiger partial charge in [-0.15, -0.1) is 0 Å². The first-order valence-corrected chi connectivity index (χ1v) is 11.5. The van der Waals surface area contributed by atoms with Crippen molar-refractivity contribution in [3.63, 3.8) is 0 Å². The van der Waals surface area contributed by atoms with Crippen molar-refractivity contribution in [1.82, 2.24) is 14.5 Å². The van der Waals surface area contributed by atoms with Crippen LogP contribution in [0.4, 0.5) is 5.69 Å². The van der Waals surface area contributed by atoms with Gasteiger partial charge in [-0.2, -0.15) is 0 Å². The first-order valence-electron chi connectivity index (χ1n) is 11.5. The van der Waals surface area contributed by atoms with E-state index in [1.54, 1.807) is 12.1 Å². The second kappa shape index (κ2) is 9.70. The van der Waals surface area contributed by atoms with Crippen LogP contribution in [0.1, 0.15) is 54.5 Å². The maximum atomic E-state index is 11.3. The Morgan fingerprint density at radius 2 is 1.76 bits per heavy atom. The molecule has 3 N–H and O–H groups in total. The van der Waals surface area contributed by atoms with Crippen molar-refractivity contribution in [1.29, 1.82) is 0 Å². The van der Waals surface area contributed by atoms with Gasteiger partial charge in [-0.1, -0.05) is 0 Å². The van der Waals surface area contributed by atoms with Crippen LogP contribution in [-0.2, 0) is 6.54 Å². The molecule has 0 atom stereocenters. The molecule has 2 aromatic carbocycles. The lowest BCUT2D eigenvalue weighted by Crippen LogP contribution is -2.34. The number of nitrogen functional groups attached to an aromatic ring is 1. The maximum absolute atomic E-state index is 11.3. The van der Waals surface area contributed by atoms with Crippen molar-refractivity contribution < 1.29 is 19.4 Å². The highest BCUT2D eigenvalue weighted by molar-refractivity contribution is 5.92. The van der Waals surface area contributed by atoms with Gasteiger partial charge in [-0.25, -0.2) is 9.78 Å². The van der Waals surface area contributed by atoms with E-state index in [0.29, 0.717) is 36.4 Å². The number of likely N-dealkylation sites (tertiary alicyclic amines) is 1. The van der Waals surface area contributed by atoms with Crippen molar-refractivity contribution in [3.8, 4) is 11.5 Å². The topological polar surface area (TPSA) is 103 Å². The number of aromatic carboxylic acids is 1. The van der Waals surface area contributed by atoms with E-state index < -0.39 is 5.97 Å². The normalized spacial score (nSPS) is 15.1. The second-order valence-corrected chi connectivity index (χ2v) is 8.42. The third-order valence-electron chi connectivity index (χ3n) is 6.20. The van der Waals surface area contributed by atoms with E-state index in [1.807, 2.05) is 39.0 Å². The number of aryl methyl sites for hydroxylation is 1. The zero-order chi connectivity index (χ0) is 23.5. The Bertz CT molecular complexity index is 1120. The molecule has 1 fully saturated rings. The van der Waals surface area contributed by atoms with Gasteiger partial charge >= 0.3 is 5.97 Å². The minimum atomic E-state index is -0.930. The number of benzene rings is 2. The van der Waals surface area contributed by atoms with Crippen LogP contribution in [0.15, 0.2) is 30.3 Å². The molecule has 0 spiro atoms. The quantitative estimate of drug-likeness (QED) is 0.492. The zero-order valence-corrected chi connectivity index (χ0v) is 19.5. The van der Waals surface area contributed by atoms with Crippen molar-refractivity contribution in [2.45, 2.75) is 46.2 Å². The number of nitrogens with zero attached hydrogens (tertiary/aromatic N) is 3. The number of piperidine rings is 1. The number of rotatable bonds is 8. The van der Waals surface area contributed by atoms with E-state index in [4.69, 9.17) is 15.2 Å². The molecule has 33 heavy (non-hydrogen) atoms. The summed E-state index contributed by atoms with van der Waals surface area (Å²) in [4.78, 5) is 18.4. The zero-order valence-electron chi connectivity index (χ0n) is 19.5. The van der Waals surface area contributed by atoms with Crippen LogP contribution in [0.2, 0.25) is 0 Å². The molecule has 8 heteroatoms. The van der Waals surface area contributed by atoms with Gasteiger partial charge in [0.2, 0.25) is 0 Å². The fourth-order valence-electron chi connectivity index (χ4n) is 4.70. The van der Waals surface area contributed by atoms with Gasteiger partial charge in [-0.3, -0.25) is 4.90 Å². The number of hydrogen-bond acceptors (Lipinski definition) is 6. The SMILES string of the molecule is CCOc1cc(CN2CCC(n3c(C)nc4cc(C(=O)O)ccc43)CC2)cc(OCC)c1N. The average Bonchev–Trinajstić information content (AvgIpc) is 3.12. The number of carboxylic acid groups (broad SMARTS) is 1. The molecule has 0 radical (unpaired) electrons. The van der Waals surface area contributed by atoms with Crippen LogP contribution in [0.5, 0.6) is 11.5 Å². The standard InChI is InChI=1S/C25H32N4O4/c1-4-32-22-12-17(13-23(24(22)26)33-5-2)15-28-10-8-19(9-11-28)29-16(3)27-20-14-18(25(30)31)6-7-21(20)29/h6-7,12-14,19H,4-5,8-11,15,26H2,1-3H3,(H,30,31). The van der Waals surface area contributed by atoms with E-state index in [1.165, 1.54) is 0 Å². The molecule has 1 aliphatic rings. The lowest BCUT2D eigenvalue weighted by atomic mass is 10.0. The highest BCUT2D eigenvalue weighted by Gasteiger charge is 2.24. The van der Waals surface area contributed by atoms with E-state index in [2.05, 4.69) is 14.5 Å². The van der Waals surface area contributed by atoms with Gasteiger partial charge in [-0.05, 0) is 69.5 Å². The summed E-state index contributed by atoms with van der Waals surface area (Å²) in [5.41, 5.74) is 9.89. The molecule has 1 aliphatic heterocycles. The molecule has 1 aromatic heterocycles. The molecule has 1 saturated heterocycles. The number of anilines is 1. The molecule has 0 aliphatic carbocycles. The predicted molar refractivity (Wildman–Crippen MR) is 128 cm³/mol. The average molecular weight is 453 g/mol. The number of carbonyl (C=O) groups is 1. The van der Waals surface area contributed by atoms with Crippen molar-refractivity contribution in [2.75, 3.05) is 32.0 Å². The first-order chi connectivity index (χ1) is 15.9. The van der Waals surface area contributed by atoms with Crippen LogP contribution in [0, 0.1) is 6.92 Å². The van der Waals surface area contributed by atoms with Crippen LogP contribution in [-0.4, -0.2) is 51.8 Å². The lowest BCUT2D eigenvalue weighted by Gasteiger charge is -2.33. The number of ether oxygens (including phenoxy) is 2. The molecular weight excluding hydrogens is 420 g/mol. The molecule has 4 rings (SSSR count). The fourth-order valence-corrected chi connectivity index (χ4v) is 4.70. The monoisotopic (exact) mass is 452 g/mol. The molecule has 2 heterocycles. The predicted octanol–water partition coefficient (Wildman–Crippen LogP) is 4.26. The molecule has 0 unspecified atom stereocenters. The second-order valence-electron chi connectivity index (χ2n) is 8.42. The molecule has 8 nitrogen and oxygen atoms in total. The van der Waals surface area contributed by atoms with E-state index >= 15 is 0 Å². The summed E-state index contributed by atoms with van der Waals surface area (Å²) in [7, 11) is 0. The van der Waals surface area contributed by atoms with Crippen molar-refractivity contribution in [2.24, 2.45) is 0 Å². The first kappa shape index (κ1) is 22.9. The molecule has 176 valence electrons. The highest BCUT2D eigenvalue weighted by Crippen LogP contribution is 2.35. The number of imidazole rings is 1. The minimum absolute atomic E-state index is 0.267. The Labute approximate surface area is 193 Å². The Kier molecular flexibility index (Phi) is 6.74. The van der Waals surface area contributed by atoms with E-state index in [0.717, 1.165) is 54.9 Å². The minimum Gasteiger partial charge on any atom is -0.492 e. The molecule has 3 aromatic rings.